The predicted octanol–water partition coefficient (Wildman–Crippen LogP) is 4.43. The highest BCUT2D eigenvalue weighted by atomic mass is 16.5. The molecule has 2 heteroatoms. The van der Waals surface area contributed by atoms with Crippen molar-refractivity contribution in [1.82, 2.24) is 0 Å². The Morgan fingerprint density at radius 3 is 2.64 bits per heavy atom. The van der Waals surface area contributed by atoms with E-state index in [4.69, 9.17) is 4.74 Å². The Labute approximate surface area is 133 Å². The van der Waals surface area contributed by atoms with Crippen LogP contribution in [0.5, 0.6) is 0 Å². The molecule has 2 nitrogen and oxygen atoms in total. The lowest BCUT2D eigenvalue weighted by molar-refractivity contribution is -0.216. The van der Waals surface area contributed by atoms with Gasteiger partial charge < -0.3 is 4.74 Å². The monoisotopic (exact) mass is 300 g/mol. The van der Waals surface area contributed by atoms with Crippen molar-refractivity contribution in [2.45, 2.75) is 76.7 Å². The molecule has 0 bridgehead atoms. The summed E-state index contributed by atoms with van der Waals surface area (Å²) in [7, 11) is 0. The van der Waals surface area contributed by atoms with Gasteiger partial charge in [0.1, 0.15) is 5.78 Å². The first-order chi connectivity index (χ1) is 10.6. The molecule has 0 aromatic heterocycles. The summed E-state index contributed by atoms with van der Waals surface area (Å²) in [5.74, 6) is 2.80. The second-order valence-electron chi connectivity index (χ2n) is 8.83. The molecule has 4 fully saturated rings. The summed E-state index contributed by atoms with van der Waals surface area (Å²) in [4.78, 5) is 11.8. The molecule has 22 heavy (non-hydrogen) atoms. The number of fused-ring (bicyclic) bond motifs is 5. The average molecular weight is 300 g/mol. The molecule has 1 heterocycles. The Balaban J connectivity index is 1.50. The van der Waals surface area contributed by atoms with Crippen LogP contribution >= 0.6 is 0 Å². The molecule has 3 saturated carbocycles. The fourth-order valence-electron chi connectivity index (χ4n) is 7.04. The Kier molecular flexibility index (Phi) is 2.80. The molecular formula is C20H28O2. The van der Waals surface area contributed by atoms with Crippen LogP contribution in [0.2, 0.25) is 0 Å². The molecule has 0 aromatic rings. The van der Waals surface area contributed by atoms with Gasteiger partial charge in [-0.25, -0.2) is 0 Å². The zero-order chi connectivity index (χ0) is 14.9. The van der Waals surface area contributed by atoms with Gasteiger partial charge in [0.05, 0.1) is 12.2 Å². The normalized spacial score (nSPS) is 50.4. The van der Waals surface area contributed by atoms with Crippen LogP contribution in [0.15, 0.2) is 11.1 Å². The van der Waals surface area contributed by atoms with Crippen molar-refractivity contribution in [3.05, 3.63) is 11.1 Å². The minimum Gasteiger partial charge on any atom is -0.374 e. The largest absolute Gasteiger partial charge is 0.374 e. The second-order valence-corrected chi connectivity index (χ2v) is 8.83. The van der Waals surface area contributed by atoms with Crippen LogP contribution in [0.25, 0.3) is 0 Å². The van der Waals surface area contributed by atoms with Crippen LogP contribution in [-0.4, -0.2) is 18.0 Å². The number of ether oxygens (including phenoxy) is 1. The van der Waals surface area contributed by atoms with E-state index in [1.807, 2.05) is 5.57 Å². The van der Waals surface area contributed by atoms with E-state index in [1.54, 1.807) is 5.57 Å². The van der Waals surface area contributed by atoms with Crippen LogP contribution in [0.1, 0.15) is 71.1 Å². The molecule has 5 atom stereocenters. The van der Waals surface area contributed by atoms with Crippen LogP contribution in [0.4, 0.5) is 0 Å². The summed E-state index contributed by atoms with van der Waals surface area (Å²) in [6.07, 6.45) is 12.0. The van der Waals surface area contributed by atoms with Crippen LogP contribution in [0, 0.1) is 23.2 Å². The third kappa shape index (κ3) is 1.58. The first kappa shape index (κ1) is 13.8. The maximum atomic E-state index is 11.8. The first-order valence-corrected chi connectivity index (χ1v) is 9.50. The third-order valence-electron chi connectivity index (χ3n) is 8.33. The molecular weight excluding hydrogens is 272 g/mol. The number of Topliss-reactive ketones (excluding diaryl/α,β-unsaturated/α-hetero) is 1. The van der Waals surface area contributed by atoms with Gasteiger partial charge in [-0.2, -0.15) is 0 Å². The third-order valence-corrected chi connectivity index (χ3v) is 8.33. The van der Waals surface area contributed by atoms with Crippen molar-refractivity contribution >= 4 is 5.78 Å². The van der Waals surface area contributed by atoms with Crippen molar-refractivity contribution in [3.63, 3.8) is 0 Å². The van der Waals surface area contributed by atoms with Gasteiger partial charge in [-0.15, -0.1) is 0 Å². The number of hydrogen-bond donors (Lipinski definition) is 0. The zero-order valence-electron chi connectivity index (χ0n) is 13.8. The first-order valence-electron chi connectivity index (χ1n) is 9.50. The summed E-state index contributed by atoms with van der Waals surface area (Å²) in [6, 6.07) is 0. The van der Waals surface area contributed by atoms with Crippen molar-refractivity contribution in [3.8, 4) is 0 Å². The molecule has 1 spiro atoms. The lowest BCUT2D eigenvalue weighted by atomic mass is 9.53. The molecule has 1 saturated heterocycles. The lowest BCUT2D eigenvalue weighted by Crippen LogP contribution is -2.57. The Morgan fingerprint density at radius 2 is 1.86 bits per heavy atom. The zero-order valence-corrected chi connectivity index (χ0v) is 13.8. The highest BCUT2D eigenvalue weighted by molar-refractivity contribution is 5.80. The van der Waals surface area contributed by atoms with Gasteiger partial charge in [-0.1, -0.05) is 18.1 Å². The summed E-state index contributed by atoms with van der Waals surface area (Å²) in [5, 5.41) is 0. The van der Waals surface area contributed by atoms with E-state index in [0.29, 0.717) is 17.1 Å². The molecule has 4 aliphatic carbocycles. The summed E-state index contributed by atoms with van der Waals surface area (Å²) < 4.78 is 6.19. The number of hydrogen-bond acceptors (Lipinski definition) is 2. The molecule has 5 rings (SSSR count). The number of ketones is 1. The Hall–Kier alpha value is -0.630. The van der Waals surface area contributed by atoms with E-state index in [2.05, 4.69) is 6.92 Å². The molecule has 0 aromatic carbocycles. The molecule has 5 aliphatic rings. The average Bonchev–Trinajstić information content (AvgIpc) is 2.79. The highest BCUT2D eigenvalue weighted by Gasteiger charge is 2.64. The SMILES string of the molecule is C[C@]12CCC3=C4CCC(=O)CC4CC[C@H]3[C@@H]1CCC21CCO1. The van der Waals surface area contributed by atoms with Crippen molar-refractivity contribution < 1.29 is 9.53 Å². The highest BCUT2D eigenvalue weighted by Crippen LogP contribution is 2.67. The minimum absolute atomic E-state index is 0.243. The van der Waals surface area contributed by atoms with Gasteiger partial charge in [0.15, 0.2) is 0 Å². The standard InChI is InChI=1S/C20H28O2/c1-19-8-6-16-15-5-3-14(21)12-13(15)2-4-17(16)18(19)7-9-20(19)10-11-22-20/h13,17-18H,2-12H2,1H3/t13?,17-,18+,19+,20?/m1/s1. The summed E-state index contributed by atoms with van der Waals surface area (Å²) in [5.41, 5.74) is 4.21. The van der Waals surface area contributed by atoms with Crippen molar-refractivity contribution in [2.75, 3.05) is 6.61 Å². The van der Waals surface area contributed by atoms with Crippen LogP contribution < -0.4 is 0 Å². The van der Waals surface area contributed by atoms with Crippen molar-refractivity contribution in [2.24, 2.45) is 23.2 Å². The van der Waals surface area contributed by atoms with Gasteiger partial charge in [-0.3, -0.25) is 4.79 Å². The molecule has 1 aliphatic heterocycles. The van der Waals surface area contributed by atoms with E-state index in [-0.39, 0.29) is 5.60 Å². The topological polar surface area (TPSA) is 26.3 Å². The van der Waals surface area contributed by atoms with Gasteiger partial charge in [-0.05, 0) is 62.7 Å². The van der Waals surface area contributed by atoms with Crippen LogP contribution in [-0.2, 0) is 9.53 Å². The number of carbonyl (C=O) groups is 1. The maximum absolute atomic E-state index is 11.8. The van der Waals surface area contributed by atoms with E-state index in [9.17, 15) is 4.79 Å². The molecule has 0 radical (unpaired) electrons. The fourth-order valence-corrected chi connectivity index (χ4v) is 7.04. The molecule has 0 amide bonds. The number of carbonyl (C=O) groups excluding carboxylic acids is 1. The smallest absolute Gasteiger partial charge is 0.133 e. The summed E-state index contributed by atoms with van der Waals surface area (Å²) in [6.45, 7) is 3.53. The Bertz CT molecular complexity index is 556. The van der Waals surface area contributed by atoms with Crippen molar-refractivity contribution in [1.29, 1.82) is 0 Å². The van der Waals surface area contributed by atoms with Crippen LogP contribution in [0.3, 0.4) is 0 Å². The Morgan fingerprint density at radius 1 is 1.00 bits per heavy atom. The lowest BCUT2D eigenvalue weighted by Gasteiger charge is -2.57. The fraction of sp³-hybridized carbons (Fsp3) is 0.850. The van der Waals surface area contributed by atoms with Gasteiger partial charge >= 0.3 is 0 Å². The molecule has 2 unspecified atom stereocenters. The van der Waals surface area contributed by atoms with E-state index >= 15 is 0 Å². The van der Waals surface area contributed by atoms with E-state index in [1.165, 1.54) is 44.9 Å². The number of allylic oxidation sites excluding steroid dienone is 2. The quantitative estimate of drug-likeness (QED) is 0.619. The van der Waals surface area contributed by atoms with E-state index < -0.39 is 0 Å². The van der Waals surface area contributed by atoms with Gasteiger partial charge in [0, 0.05) is 24.7 Å². The van der Waals surface area contributed by atoms with Gasteiger partial charge in [0.2, 0.25) is 0 Å². The molecule has 0 N–H and O–H groups in total. The maximum Gasteiger partial charge on any atom is 0.133 e. The van der Waals surface area contributed by atoms with Gasteiger partial charge in [0.25, 0.3) is 0 Å². The summed E-state index contributed by atoms with van der Waals surface area (Å²) >= 11 is 0. The second kappa shape index (κ2) is 4.47. The number of rotatable bonds is 0. The molecule has 120 valence electrons. The minimum atomic E-state index is 0.243. The van der Waals surface area contributed by atoms with E-state index in [0.717, 1.165) is 37.7 Å². The predicted molar refractivity (Wildman–Crippen MR) is 85.5 cm³/mol.